The van der Waals surface area contributed by atoms with Crippen LogP contribution in [0, 0.1) is 0 Å². The van der Waals surface area contributed by atoms with Gasteiger partial charge in [-0.1, -0.05) is 0 Å². The van der Waals surface area contributed by atoms with Gasteiger partial charge in [-0.05, 0) is 18.2 Å². The monoisotopic (exact) mass is 250 g/mol. The van der Waals surface area contributed by atoms with Crippen molar-refractivity contribution >= 4 is 11.8 Å². The first-order chi connectivity index (χ1) is 8.62. The number of ketones is 1. The van der Waals surface area contributed by atoms with Crippen molar-refractivity contribution < 1.29 is 23.8 Å². The molecule has 0 aromatic heterocycles. The average Bonchev–Trinajstić information content (AvgIpc) is 2.43. The van der Waals surface area contributed by atoms with Crippen molar-refractivity contribution in [3.8, 4) is 11.5 Å². The zero-order valence-corrected chi connectivity index (χ0v) is 10.4. The minimum absolute atomic E-state index is 0.346. The maximum absolute atomic E-state index is 11.8. The number of hydrogen-bond acceptors (Lipinski definition) is 5. The predicted molar refractivity (Wildman–Crippen MR) is 65.0 cm³/mol. The Bertz CT molecular complexity index is 476. The summed E-state index contributed by atoms with van der Waals surface area (Å²) in [7, 11) is 4.22. The lowest BCUT2D eigenvalue weighted by molar-refractivity contribution is -0.134. The lowest BCUT2D eigenvalue weighted by Gasteiger charge is -2.07. The van der Waals surface area contributed by atoms with Crippen molar-refractivity contribution in [3.05, 3.63) is 35.9 Å². The highest BCUT2D eigenvalue weighted by Gasteiger charge is 2.11. The number of allylic oxidation sites excluding steroid dienone is 1. The number of benzene rings is 1. The smallest absolute Gasteiger partial charge is 0.330 e. The third-order valence-corrected chi connectivity index (χ3v) is 2.25. The first-order valence-electron chi connectivity index (χ1n) is 5.14. The highest BCUT2D eigenvalue weighted by Crippen LogP contribution is 2.25. The van der Waals surface area contributed by atoms with E-state index in [9.17, 15) is 9.59 Å². The largest absolute Gasteiger partial charge is 0.497 e. The molecule has 0 radical (unpaired) electrons. The zero-order valence-electron chi connectivity index (χ0n) is 10.4. The molecular weight excluding hydrogens is 236 g/mol. The molecule has 0 spiro atoms. The summed E-state index contributed by atoms with van der Waals surface area (Å²) < 4.78 is 14.5. The molecule has 0 aliphatic rings. The molecule has 18 heavy (non-hydrogen) atoms. The maximum Gasteiger partial charge on any atom is 0.330 e. The van der Waals surface area contributed by atoms with E-state index in [0.29, 0.717) is 17.1 Å². The van der Waals surface area contributed by atoms with Gasteiger partial charge in [-0.2, -0.15) is 0 Å². The molecule has 0 N–H and O–H groups in total. The van der Waals surface area contributed by atoms with Crippen LogP contribution in [-0.2, 0) is 9.53 Å². The Kier molecular flexibility index (Phi) is 4.92. The van der Waals surface area contributed by atoms with Crippen molar-refractivity contribution in [2.45, 2.75) is 0 Å². The number of carbonyl (C=O) groups is 2. The SMILES string of the molecule is COC(=O)/C=C/C(=O)c1ccc(OC)cc1OC. The quantitative estimate of drug-likeness (QED) is 0.451. The van der Waals surface area contributed by atoms with Gasteiger partial charge in [0.1, 0.15) is 11.5 Å². The molecule has 0 aliphatic carbocycles. The third kappa shape index (κ3) is 3.35. The van der Waals surface area contributed by atoms with Crippen LogP contribution >= 0.6 is 0 Å². The Hall–Kier alpha value is -2.30. The van der Waals surface area contributed by atoms with Gasteiger partial charge >= 0.3 is 5.97 Å². The number of rotatable bonds is 5. The van der Waals surface area contributed by atoms with E-state index in [1.807, 2.05) is 0 Å². The molecular formula is C13H14O5. The van der Waals surface area contributed by atoms with E-state index in [1.54, 1.807) is 18.2 Å². The van der Waals surface area contributed by atoms with Gasteiger partial charge in [-0.3, -0.25) is 4.79 Å². The Morgan fingerprint density at radius 1 is 1.06 bits per heavy atom. The summed E-state index contributed by atoms with van der Waals surface area (Å²) in [4.78, 5) is 22.7. The normalized spacial score (nSPS) is 10.2. The minimum atomic E-state index is -0.587. The van der Waals surface area contributed by atoms with Crippen LogP contribution in [0.15, 0.2) is 30.4 Å². The van der Waals surface area contributed by atoms with Crippen molar-refractivity contribution in [3.63, 3.8) is 0 Å². The van der Waals surface area contributed by atoms with Gasteiger partial charge in [0.25, 0.3) is 0 Å². The average molecular weight is 250 g/mol. The molecule has 0 atom stereocenters. The van der Waals surface area contributed by atoms with Gasteiger partial charge in [0.05, 0.1) is 26.9 Å². The summed E-state index contributed by atoms with van der Waals surface area (Å²) in [5.41, 5.74) is 0.346. The van der Waals surface area contributed by atoms with E-state index in [1.165, 1.54) is 21.3 Å². The number of carbonyl (C=O) groups excluding carboxylic acids is 2. The summed E-state index contributed by atoms with van der Waals surface area (Å²) >= 11 is 0. The Labute approximate surface area is 105 Å². The molecule has 0 heterocycles. The van der Waals surface area contributed by atoms with Crippen LogP contribution in [0.2, 0.25) is 0 Å². The van der Waals surface area contributed by atoms with Crippen molar-refractivity contribution in [2.75, 3.05) is 21.3 Å². The van der Waals surface area contributed by atoms with E-state index in [2.05, 4.69) is 4.74 Å². The van der Waals surface area contributed by atoms with Crippen LogP contribution in [-0.4, -0.2) is 33.1 Å². The van der Waals surface area contributed by atoms with Crippen LogP contribution in [0.4, 0.5) is 0 Å². The van der Waals surface area contributed by atoms with Crippen LogP contribution in [0.25, 0.3) is 0 Å². The standard InChI is InChI=1S/C13H14O5/c1-16-9-4-5-10(12(8-9)17-2)11(14)6-7-13(15)18-3/h4-8H,1-3H3/b7-6+. The van der Waals surface area contributed by atoms with E-state index >= 15 is 0 Å². The van der Waals surface area contributed by atoms with Crippen LogP contribution in [0.5, 0.6) is 11.5 Å². The predicted octanol–water partition coefficient (Wildman–Crippen LogP) is 1.62. The molecule has 0 fully saturated rings. The summed E-state index contributed by atoms with van der Waals surface area (Å²) in [6, 6.07) is 4.81. The molecule has 5 nitrogen and oxygen atoms in total. The van der Waals surface area contributed by atoms with E-state index in [4.69, 9.17) is 9.47 Å². The molecule has 0 saturated carbocycles. The topological polar surface area (TPSA) is 61.8 Å². The summed E-state index contributed by atoms with van der Waals surface area (Å²) in [6.07, 6.45) is 2.20. The van der Waals surface area contributed by atoms with E-state index in [0.717, 1.165) is 12.2 Å². The number of ether oxygens (including phenoxy) is 3. The molecule has 1 aromatic rings. The number of methoxy groups -OCH3 is 3. The fraction of sp³-hybridized carbons (Fsp3) is 0.231. The molecule has 0 unspecified atom stereocenters. The zero-order chi connectivity index (χ0) is 13.5. The molecule has 0 saturated heterocycles. The first-order valence-corrected chi connectivity index (χ1v) is 5.14. The van der Waals surface area contributed by atoms with Crippen molar-refractivity contribution in [1.82, 2.24) is 0 Å². The second-order valence-corrected chi connectivity index (χ2v) is 3.29. The Morgan fingerprint density at radius 3 is 2.33 bits per heavy atom. The Morgan fingerprint density at radius 2 is 1.78 bits per heavy atom. The van der Waals surface area contributed by atoms with Gasteiger partial charge in [-0.15, -0.1) is 0 Å². The highest BCUT2D eigenvalue weighted by atomic mass is 16.5. The molecule has 0 bridgehead atoms. The summed E-state index contributed by atoms with van der Waals surface area (Å²) in [5, 5.41) is 0. The van der Waals surface area contributed by atoms with E-state index < -0.39 is 5.97 Å². The van der Waals surface area contributed by atoms with Crippen molar-refractivity contribution in [1.29, 1.82) is 0 Å². The molecule has 96 valence electrons. The Balaban J connectivity index is 2.98. The lowest BCUT2D eigenvalue weighted by atomic mass is 10.1. The molecule has 0 aliphatic heterocycles. The fourth-order valence-corrected chi connectivity index (χ4v) is 1.30. The molecule has 1 aromatic carbocycles. The first kappa shape index (κ1) is 13.8. The maximum atomic E-state index is 11.8. The van der Waals surface area contributed by atoms with Gasteiger partial charge < -0.3 is 14.2 Å². The second kappa shape index (κ2) is 6.44. The van der Waals surface area contributed by atoms with Gasteiger partial charge in [0.2, 0.25) is 0 Å². The molecule has 0 amide bonds. The lowest BCUT2D eigenvalue weighted by Crippen LogP contribution is -2.01. The fourth-order valence-electron chi connectivity index (χ4n) is 1.30. The van der Waals surface area contributed by atoms with Crippen molar-refractivity contribution in [2.24, 2.45) is 0 Å². The van der Waals surface area contributed by atoms with E-state index in [-0.39, 0.29) is 5.78 Å². The van der Waals surface area contributed by atoms with Crippen LogP contribution in [0.1, 0.15) is 10.4 Å². The summed E-state index contributed by atoms with van der Waals surface area (Å²) in [5.74, 6) is 0.0324. The highest BCUT2D eigenvalue weighted by molar-refractivity contribution is 6.08. The van der Waals surface area contributed by atoms with Gasteiger partial charge in [-0.25, -0.2) is 4.79 Å². The molecule has 1 rings (SSSR count). The third-order valence-electron chi connectivity index (χ3n) is 2.25. The summed E-state index contributed by atoms with van der Waals surface area (Å²) in [6.45, 7) is 0. The number of hydrogen-bond donors (Lipinski definition) is 0. The minimum Gasteiger partial charge on any atom is -0.497 e. The van der Waals surface area contributed by atoms with Gasteiger partial charge in [0, 0.05) is 12.1 Å². The van der Waals surface area contributed by atoms with Crippen LogP contribution < -0.4 is 9.47 Å². The number of esters is 1. The van der Waals surface area contributed by atoms with Gasteiger partial charge in [0.15, 0.2) is 5.78 Å². The molecule has 5 heteroatoms. The van der Waals surface area contributed by atoms with Crippen LogP contribution in [0.3, 0.4) is 0 Å². The second-order valence-electron chi connectivity index (χ2n) is 3.29.